The molecule has 2 saturated carbocycles. The van der Waals surface area contributed by atoms with Crippen molar-refractivity contribution in [1.82, 2.24) is 14.8 Å². The molecular formula is C16H28N4. The fourth-order valence-electron chi connectivity index (χ4n) is 4.32. The van der Waals surface area contributed by atoms with Gasteiger partial charge in [0.05, 0.1) is 0 Å². The minimum atomic E-state index is 0.245. The van der Waals surface area contributed by atoms with Gasteiger partial charge in [-0.05, 0) is 49.4 Å². The van der Waals surface area contributed by atoms with Gasteiger partial charge in [-0.25, -0.2) is 9.67 Å². The van der Waals surface area contributed by atoms with E-state index >= 15 is 0 Å². The van der Waals surface area contributed by atoms with E-state index in [9.17, 15) is 0 Å². The summed E-state index contributed by atoms with van der Waals surface area (Å²) in [4.78, 5) is 4.40. The first-order chi connectivity index (χ1) is 9.61. The standard InChI is InChI=1S/C16H28N4/c1-11(2)9-20-16(18-10-19-20)8-15(17)7-14-6-12-3-4-13(14)5-12/h10-15H,3-9,17H2,1-2H3. The van der Waals surface area contributed by atoms with Crippen molar-refractivity contribution in [2.45, 2.75) is 65.0 Å². The van der Waals surface area contributed by atoms with Gasteiger partial charge in [-0.3, -0.25) is 0 Å². The molecule has 0 radical (unpaired) electrons. The van der Waals surface area contributed by atoms with Gasteiger partial charge in [0.1, 0.15) is 12.2 Å². The van der Waals surface area contributed by atoms with E-state index in [1.54, 1.807) is 6.33 Å². The smallest absolute Gasteiger partial charge is 0.138 e. The minimum Gasteiger partial charge on any atom is -0.327 e. The van der Waals surface area contributed by atoms with E-state index in [-0.39, 0.29) is 6.04 Å². The van der Waals surface area contributed by atoms with Crippen LogP contribution >= 0.6 is 0 Å². The highest BCUT2D eigenvalue weighted by molar-refractivity contribution is 4.94. The van der Waals surface area contributed by atoms with Crippen LogP contribution in [0.25, 0.3) is 0 Å². The lowest BCUT2D eigenvalue weighted by atomic mass is 9.84. The van der Waals surface area contributed by atoms with Crippen molar-refractivity contribution in [3.05, 3.63) is 12.2 Å². The lowest BCUT2D eigenvalue weighted by molar-refractivity contribution is 0.291. The molecule has 1 heterocycles. The fraction of sp³-hybridized carbons (Fsp3) is 0.875. The van der Waals surface area contributed by atoms with E-state index in [4.69, 9.17) is 5.73 Å². The number of fused-ring (bicyclic) bond motifs is 2. The maximum Gasteiger partial charge on any atom is 0.138 e. The molecule has 2 aliphatic carbocycles. The molecule has 1 aromatic heterocycles. The Hall–Kier alpha value is -0.900. The van der Waals surface area contributed by atoms with Crippen molar-refractivity contribution in [2.24, 2.45) is 29.4 Å². The van der Waals surface area contributed by atoms with Crippen LogP contribution in [0.3, 0.4) is 0 Å². The van der Waals surface area contributed by atoms with E-state index in [0.29, 0.717) is 5.92 Å². The lowest BCUT2D eigenvalue weighted by Gasteiger charge is -2.24. The molecule has 2 fully saturated rings. The zero-order valence-electron chi connectivity index (χ0n) is 12.8. The summed E-state index contributed by atoms with van der Waals surface area (Å²) in [6, 6.07) is 0.245. The van der Waals surface area contributed by atoms with Gasteiger partial charge in [-0.2, -0.15) is 5.10 Å². The highest BCUT2D eigenvalue weighted by Crippen LogP contribution is 2.49. The number of nitrogens with zero attached hydrogens (tertiary/aromatic N) is 3. The molecule has 4 heteroatoms. The number of nitrogens with two attached hydrogens (primary N) is 1. The van der Waals surface area contributed by atoms with Crippen LogP contribution in [0, 0.1) is 23.7 Å². The van der Waals surface area contributed by atoms with Crippen LogP contribution in [-0.2, 0) is 13.0 Å². The molecule has 0 aromatic carbocycles. The van der Waals surface area contributed by atoms with Gasteiger partial charge >= 0.3 is 0 Å². The largest absolute Gasteiger partial charge is 0.327 e. The Morgan fingerprint density at radius 3 is 2.85 bits per heavy atom. The van der Waals surface area contributed by atoms with E-state index in [1.165, 1.54) is 32.1 Å². The summed E-state index contributed by atoms with van der Waals surface area (Å²) in [5.41, 5.74) is 6.40. The minimum absolute atomic E-state index is 0.245. The van der Waals surface area contributed by atoms with Crippen LogP contribution in [0.15, 0.2) is 6.33 Å². The molecular weight excluding hydrogens is 248 g/mol. The third kappa shape index (κ3) is 3.05. The SMILES string of the molecule is CC(C)Cn1ncnc1CC(N)CC1CC2CCC1C2. The molecule has 0 spiro atoms. The Kier molecular flexibility index (Phi) is 4.11. The number of hydrogen-bond acceptors (Lipinski definition) is 3. The third-order valence-electron chi connectivity index (χ3n) is 5.17. The monoisotopic (exact) mass is 276 g/mol. The fourth-order valence-corrected chi connectivity index (χ4v) is 4.32. The van der Waals surface area contributed by atoms with E-state index < -0.39 is 0 Å². The van der Waals surface area contributed by atoms with Crippen LogP contribution in [0.5, 0.6) is 0 Å². The maximum atomic E-state index is 6.40. The van der Waals surface area contributed by atoms with Gasteiger partial charge in [0.2, 0.25) is 0 Å². The predicted molar refractivity (Wildman–Crippen MR) is 80.1 cm³/mol. The molecule has 4 unspecified atom stereocenters. The van der Waals surface area contributed by atoms with Crippen molar-refractivity contribution in [1.29, 1.82) is 0 Å². The van der Waals surface area contributed by atoms with Crippen molar-refractivity contribution in [3.63, 3.8) is 0 Å². The Morgan fingerprint density at radius 2 is 2.20 bits per heavy atom. The first kappa shape index (κ1) is 14.1. The van der Waals surface area contributed by atoms with Crippen molar-refractivity contribution in [2.75, 3.05) is 0 Å². The van der Waals surface area contributed by atoms with Gasteiger partial charge in [-0.15, -0.1) is 0 Å². The summed E-state index contributed by atoms with van der Waals surface area (Å²) in [5, 5.41) is 4.33. The number of aromatic nitrogens is 3. The number of rotatable bonds is 6. The van der Waals surface area contributed by atoms with Crippen molar-refractivity contribution in [3.8, 4) is 0 Å². The third-order valence-corrected chi connectivity index (χ3v) is 5.17. The van der Waals surface area contributed by atoms with Gasteiger partial charge in [0.25, 0.3) is 0 Å². The van der Waals surface area contributed by atoms with Crippen molar-refractivity contribution >= 4 is 0 Å². The molecule has 2 aliphatic rings. The highest BCUT2D eigenvalue weighted by Gasteiger charge is 2.39. The summed E-state index contributed by atoms with van der Waals surface area (Å²) in [5.74, 6) is 4.53. The Bertz CT molecular complexity index is 439. The predicted octanol–water partition coefficient (Wildman–Crippen LogP) is 2.63. The zero-order valence-corrected chi connectivity index (χ0v) is 12.8. The maximum absolute atomic E-state index is 6.40. The molecule has 4 atom stereocenters. The first-order valence-electron chi connectivity index (χ1n) is 8.24. The summed E-state index contributed by atoms with van der Waals surface area (Å²) in [6.07, 6.45) is 9.54. The summed E-state index contributed by atoms with van der Waals surface area (Å²) < 4.78 is 2.03. The summed E-state index contributed by atoms with van der Waals surface area (Å²) in [7, 11) is 0. The van der Waals surface area contributed by atoms with Crippen LogP contribution in [0.1, 0.15) is 51.8 Å². The second kappa shape index (κ2) is 5.84. The molecule has 2 bridgehead atoms. The molecule has 3 rings (SSSR count). The zero-order chi connectivity index (χ0) is 14.1. The Morgan fingerprint density at radius 1 is 1.35 bits per heavy atom. The van der Waals surface area contributed by atoms with Crippen LogP contribution in [0.4, 0.5) is 0 Å². The topological polar surface area (TPSA) is 56.7 Å². The van der Waals surface area contributed by atoms with E-state index in [2.05, 4.69) is 23.9 Å². The lowest BCUT2D eigenvalue weighted by Crippen LogP contribution is -2.29. The van der Waals surface area contributed by atoms with Crippen molar-refractivity contribution < 1.29 is 0 Å². The van der Waals surface area contributed by atoms with E-state index in [0.717, 1.165) is 36.5 Å². The molecule has 0 aliphatic heterocycles. The summed E-state index contributed by atoms with van der Waals surface area (Å²) in [6.45, 7) is 5.36. The van der Waals surface area contributed by atoms with Gasteiger partial charge < -0.3 is 5.73 Å². The van der Waals surface area contributed by atoms with Crippen LogP contribution in [-0.4, -0.2) is 20.8 Å². The van der Waals surface area contributed by atoms with Crippen LogP contribution in [0.2, 0.25) is 0 Å². The average Bonchev–Trinajstić information content (AvgIpc) is 3.06. The summed E-state index contributed by atoms with van der Waals surface area (Å²) >= 11 is 0. The Balaban J connectivity index is 1.53. The molecule has 0 saturated heterocycles. The molecule has 20 heavy (non-hydrogen) atoms. The first-order valence-corrected chi connectivity index (χ1v) is 8.24. The Labute approximate surface area is 122 Å². The van der Waals surface area contributed by atoms with Gasteiger partial charge in [0, 0.05) is 19.0 Å². The van der Waals surface area contributed by atoms with Gasteiger partial charge in [-0.1, -0.05) is 20.3 Å². The van der Waals surface area contributed by atoms with Gasteiger partial charge in [0.15, 0.2) is 0 Å². The average molecular weight is 276 g/mol. The van der Waals surface area contributed by atoms with Crippen LogP contribution < -0.4 is 5.73 Å². The molecule has 112 valence electrons. The quantitative estimate of drug-likeness (QED) is 0.869. The van der Waals surface area contributed by atoms with E-state index in [1.807, 2.05) is 4.68 Å². The molecule has 0 amide bonds. The highest BCUT2D eigenvalue weighted by atomic mass is 15.3. The molecule has 4 nitrogen and oxygen atoms in total. The number of hydrogen-bond donors (Lipinski definition) is 1. The second-order valence-electron chi connectivity index (χ2n) is 7.39. The normalized spacial score (nSPS) is 30.3. The second-order valence-corrected chi connectivity index (χ2v) is 7.39. The molecule has 1 aromatic rings. The molecule has 2 N–H and O–H groups in total.